The highest BCUT2D eigenvalue weighted by molar-refractivity contribution is 5.59. The van der Waals surface area contributed by atoms with Crippen LogP contribution in [-0.2, 0) is 6.18 Å². The molecule has 0 radical (unpaired) electrons. The van der Waals surface area contributed by atoms with Crippen LogP contribution >= 0.6 is 0 Å². The lowest BCUT2D eigenvalue weighted by molar-refractivity contribution is -0.137. The smallest absolute Gasteiger partial charge is 0.416 e. The summed E-state index contributed by atoms with van der Waals surface area (Å²) >= 11 is 0. The van der Waals surface area contributed by atoms with Crippen molar-refractivity contribution in [3.05, 3.63) is 47.5 Å². The molecule has 0 aliphatic heterocycles. The van der Waals surface area contributed by atoms with E-state index in [-0.39, 0.29) is 11.3 Å². The van der Waals surface area contributed by atoms with E-state index < -0.39 is 17.6 Å². The van der Waals surface area contributed by atoms with Gasteiger partial charge in [0.1, 0.15) is 17.3 Å². The molecule has 0 unspecified atom stereocenters. The number of halogens is 4. The first kappa shape index (κ1) is 11.7. The molecule has 17 heavy (non-hydrogen) atoms. The van der Waals surface area contributed by atoms with Crippen LogP contribution in [0.25, 0.3) is 11.3 Å². The normalized spacial score (nSPS) is 11.8. The molecule has 0 bridgehead atoms. The molecule has 0 saturated carbocycles. The zero-order valence-corrected chi connectivity index (χ0v) is 8.81. The fraction of sp³-hybridized carbons (Fsp3) is 0.167. The van der Waals surface area contributed by atoms with E-state index >= 15 is 0 Å². The predicted octanol–water partition coefficient (Wildman–Crippen LogP) is 4.41. The molecule has 2 aromatic rings. The summed E-state index contributed by atoms with van der Waals surface area (Å²) in [6.45, 7) is 1.66. The third-order valence-corrected chi connectivity index (χ3v) is 2.25. The Morgan fingerprint density at radius 3 is 2.29 bits per heavy atom. The molecule has 2 rings (SSSR count). The Morgan fingerprint density at radius 1 is 1.06 bits per heavy atom. The number of alkyl halides is 3. The van der Waals surface area contributed by atoms with Crippen LogP contribution < -0.4 is 0 Å². The van der Waals surface area contributed by atoms with Gasteiger partial charge in [-0.05, 0) is 37.3 Å². The Kier molecular flexibility index (Phi) is 2.69. The Bertz CT molecular complexity index is 540. The standard InChI is InChI=1S/C12H8F4O/c1-7-2-3-11(17-7)8-4-9(12(14,15)16)6-10(13)5-8/h2-6H,1H3. The van der Waals surface area contributed by atoms with Crippen molar-refractivity contribution in [2.24, 2.45) is 0 Å². The summed E-state index contributed by atoms with van der Waals surface area (Å²) < 4.78 is 55.7. The first-order chi connectivity index (χ1) is 7.86. The average molecular weight is 244 g/mol. The molecule has 0 spiro atoms. The lowest BCUT2D eigenvalue weighted by atomic mass is 10.1. The second-order valence-corrected chi connectivity index (χ2v) is 3.64. The zero-order valence-electron chi connectivity index (χ0n) is 8.81. The number of aryl methyl sites for hydroxylation is 1. The summed E-state index contributed by atoms with van der Waals surface area (Å²) in [7, 11) is 0. The molecule has 1 heterocycles. The largest absolute Gasteiger partial charge is 0.461 e. The highest BCUT2D eigenvalue weighted by atomic mass is 19.4. The van der Waals surface area contributed by atoms with E-state index in [1.165, 1.54) is 6.07 Å². The summed E-state index contributed by atoms with van der Waals surface area (Å²) in [6, 6.07) is 5.44. The number of furan rings is 1. The van der Waals surface area contributed by atoms with Gasteiger partial charge in [0, 0.05) is 5.56 Å². The first-order valence-corrected chi connectivity index (χ1v) is 4.81. The Labute approximate surface area is 94.7 Å². The molecule has 90 valence electrons. The van der Waals surface area contributed by atoms with Crippen molar-refractivity contribution in [1.29, 1.82) is 0 Å². The Hall–Kier alpha value is -1.78. The highest BCUT2D eigenvalue weighted by Crippen LogP contribution is 2.33. The maximum Gasteiger partial charge on any atom is 0.416 e. The van der Waals surface area contributed by atoms with Gasteiger partial charge in [0.25, 0.3) is 0 Å². The molecular formula is C12H8F4O. The number of hydrogen-bond acceptors (Lipinski definition) is 1. The zero-order chi connectivity index (χ0) is 12.6. The topological polar surface area (TPSA) is 13.1 Å². The minimum atomic E-state index is -4.57. The summed E-state index contributed by atoms with van der Waals surface area (Å²) in [4.78, 5) is 0. The van der Waals surface area contributed by atoms with Gasteiger partial charge in [-0.3, -0.25) is 0 Å². The Morgan fingerprint density at radius 2 is 1.76 bits per heavy atom. The fourth-order valence-corrected chi connectivity index (χ4v) is 1.49. The van der Waals surface area contributed by atoms with Crippen molar-refractivity contribution in [3.63, 3.8) is 0 Å². The lowest BCUT2D eigenvalue weighted by Crippen LogP contribution is -2.05. The van der Waals surface area contributed by atoms with Crippen LogP contribution in [0, 0.1) is 12.7 Å². The molecule has 0 N–H and O–H groups in total. The van der Waals surface area contributed by atoms with Crippen molar-refractivity contribution in [3.8, 4) is 11.3 Å². The number of rotatable bonds is 1. The lowest BCUT2D eigenvalue weighted by Gasteiger charge is -2.08. The SMILES string of the molecule is Cc1ccc(-c2cc(F)cc(C(F)(F)F)c2)o1. The number of benzene rings is 1. The van der Waals surface area contributed by atoms with Gasteiger partial charge >= 0.3 is 6.18 Å². The van der Waals surface area contributed by atoms with Gasteiger partial charge in [-0.15, -0.1) is 0 Å². The molecule has 0 saturated heterocycles. The molecular weight excluding hydrogens is 236 g/mol. The third-order valence-electron chi connectivity index (χ3n) is 2.25. The third kappa shape index (κ3) is 2.49. The number of hydrogen-bond donors (Lipinski definition) is 0. The molecule has 0 aliphatic rings. The molecule has 0 atom stereocenters. The van der Waals surface area contributed by atoms with Crippen molar-refractivity contribution in [1.82, 2.24) is 0 Å². The van der Waals surface area contributed by atoms with Gasteiger partial charge in [0.15, 0.2) is 0 Å². The minimum Gasteiger partial charge on any atom is -0.461 e. The van der Waals surface area contributed by atoms with Crippen LogP contribution in [0.2, 0.25) is 0 Å². The van der Waals surface area contributed by atoms with Gasteiger partial charge in [-0.25, -0.2) is 4.39 Å². The van der Waals surface area contributed by atoms with E-state index in [4.69, 9.17) is 4.42 Å². The van der Waals surface area contributed by atoms with E-state index in [1.54, 1.807) is 13.0 Å². The monoisotopic (exact) mass is 244 g/mol. The van der Waals surface area contributed by atoms with E-state index in [9.17, 15) is 17.6 Å². The maximum atomic E-state index is 13.1. The van der Waals surface area contributed by atoms with Crippen LogP contribution in [-0.4, -0.2) is 0 Å². The van der Waals surface area contributed by atoms with E-state index in [0.717, 1.165) is 12.1 Å². The second kappa shape index (κ2) is 3.91. The van der Waals surface area contributed by atoms with Crippen LogP contribution in [0.5, 0.6) is 0 Å². The summed E-state index contributed by atoms with van der Waals surface area (Å²) in [5.74, 6) is -0.172. The van der Waals surface area contributed by atoms with Crippen LogP contribution in [0.1, 0.15) is 11.3 Å². The van der Waals surface area contributed by atoms with Crippen LogP contribution in [0.4, 0.5) is 17.6 Å². The quantitative estimate of drug-likeness (QED) is 0.677. The van der Waals surface area contributed by atoms with E-state index in [0.29, 0.717) is 11.8 Å². The molecule has 5 heteroatoms. The summed E-state index contributed by atoms with van der Waals surface area (Å²) in [6.07, 6.45) is -4.57. The molecule has 1 aromatic carbocycles. The maximum absolute atomic E-state index is 13.1. The van der Waals surface area contributed by atoms with Gasteiger partial charge in [-0.2, -0.15) is 13.2 Å². The molecule has 0 fully saturated rings. The average Bonchev–Trinajstić information content (AvgIpc) is 2.62. The van der Waals surface area contributed by atoms with Crippen molar-refractivity contribution < 1.29 is 22.0 Å². The second-order valence-electron chi connectivity index (χ2n) is 3.64. The van der Waals surface area contributed by atoms with Gasteiger partial charge < -0.3 is 4.42 Å². The van der Waals surface area contributed by atoms with Crippen molar-refractivity contribution in [2.45, 2.75) is 13.1 Å². The minimum absolute atomic E-state index is 0.0745. The predicted molar refractivity (Wildman–Crippen MR) is 53.8 cm³/mol. The summed E-state index contributed by atoms with van der Waals surface area (Å²) in [5.41, 5.74) is -0.952. The van der Waals surface area contributed by atoms with Gasteiger partial charge in [-0.1, -0.05) is 0 Å². The molecule has 1 nitrogen and oxygen atoms in total. The molecule has 1 aromatic heterocycles. The fourth-order valence-electron chi connectivity index (χ4n) is 1.49. The molecule has 0 amide bonds. The highest BCUT2D eigenvalue weighted by Gasteiger charge is 2.31. The van der Waals surface area contributed by atoms with Crippen LogP contribution in [0.15, 0.2) is 34.7 Å². The summed E-state index contributed by atoms with van der Waals surface area (Å²) in [5, 5.41) is 0. The molecule has 0 aliphatic carbocycles. The first-order valence-electron chi connectivity index (χ1n) is 4.81. The van der Waals surface area contributed by atoms with Crippen molar-refractivity contribution >= 4 is 0 Å². The Balaban J connectivity index is 2.52. The van der Waals surface area contributed by atoms with Crippen LogP contribution in [0.3, 0.4) is 0 Å². The van der Waals surface area contributed by atoms with Gasteiger partial charge in [0.05, 0.1) is 5.56 Å². The van der Waals surface area contributed by atoms with E-state index in [1.807, 2.05) is 0 Å². The van der Waals surface area contributed by atoms with E-state index in [2.05, 4.69) is 0 Å². The van der Waals surface area contributed by atoms with Crippen molar-refractivity contribution in [2.75, 3.05) is 0 Å². The van der Waals surface area contributed by atoms with Gasteiger partial charge in [0.2, 0.25) is 0 Å².